The largest absolute Gasteiger partial charge is 0.295 e. The third kappa shape index (κ3) is 1.35. The Hall–Kier alpha value is -1.63. The lowest BCUT2D eigenvalue weighted by atomic mass is 9.77. The minimum absolute atomic E-state index is 0.269. The summed E-state index contributed by atoms with van der Waals surface area (Å²) in [4.78, 5) is 11.3. The van der Waals surface area contributed by atoms with Crippen LogP contribution >= 0.6 is 0 Å². The quantitative estimate of drug-likeness (QED) is 0.623. The maximum Gasteiger partial charge on any atom is 0.156 e. The minimum atomic E-state index is 0.269. The van der Waals surface area contributed by atoms with Crippen LogP contribution in [0.2, 0.25) is 0 Å². The van der Waals surface area contributed by atoms with E-state index in [-0.39, 0.29) is 5.78 Å². The van der Waals surface area contributed by atoms with Crippen LogP contribution in [0.4, 0.5) is 0 Å². The fourth-order valence-electron chi connectivity index (χ4n) is 2.48. The molecule has 0 radical (unpaired) electrons. The number of hydrogen-bond donors (Lipinski definition) is 0. The van der Waals surface area contributed by atoms with E-state index in [0.29, 0.717) is 12.3 Å². The molecule has 0 N–H and O–H groups in total. The summed E-state index contributed by atoms with van der Waals surface area (Å²) in [6, 6.07) is 8.45. The molecule has 2 aliphatic rings. The summed E-state index contributed by atoms with van der Waals surface area (Å²) in [6.45, 7) is 0. The highest BCUT2D eigenvalue weighted by Gasteiger charge is 2.25. The Bertz CT molecular complexity index is 480. The standard InChI is InChI=1S/C14H12O/c15-12-7-8-14-11(9-12)6-5-10-3-1-2-4-13(10)14/h1-6,9,14H,7-8H2. The average molecular weight is 196 g/mol. The SMILES string of the molecule is O=C1C=C2C=Cc3ccccc3C2CC1. The number of fused-ring (bicyclic) bond motifs is 3. The molecule has 0 aliphatic heterocycles. The van der Waals surface area contributed by atoms with E-state index in [1.165, 1.54) is 16.7 Å². The van der Waals surface area contributed by atoms with Crippen molar-refractivity contribution in [2.75, 3.05) is 0 Å². The van der Waals surface area contributed by atoms with Gasteiger partial charge in [-0.2, -0.15) is 0 Å². The van der Waals surface area contributed by atoms with Crippen molar-refractivity contribution in [2.24, 2.45) is 0 Å². The van der Waals surface area contributed by atoms with E-state index in [2.05, 4.69) is 36.4 Å². The first-order chi connectivity index (χ1) is 7.34. The molecule has 1 aromatic carbocycles. The first kappa shape index (κ1) is 8.66. The minimum Gasteiger partial charge on any atom is -0.295 e. The van der Waals surface area contributed by atoms with Gasteiger partial charge in [0.25, 0.3) is 0 Å². The summed E-state index contributed by atoms with van der Waals surface area (Å²) < 4.78 is 0. The maximum absolute atomic E-state index is 11.3. The second-order valence-corrected chi connectivity index (χ2v) is 4.16. The van der Waals surface area contributed by atoms with Crippen LogP contribution in [0.5, 0.6) is 0 Å². The van der Waals surface area contributed by atoms with Gasteiger partial charge in [-0.25, -0.2) is 0 Å². The van der Waals surface area contributed by atoms with E-state index in [1.807, 2.05) is 0 Å². The van der Waals surface area contributed by atoms with Gasteiger partial charge in [0.15, 0.2) is 5.78 Å². The van der Waals surface area contributed by atoms with Crippen LogP contribution in [-0.4, -0.2) is 5.78 Å². The van der Waals surface area contributed by atoms with Crippen molar-refractivity contribution in [3.63, 3.8) is 0 Å². The number of rotatable bonds is 0. The molecular formula is C14H12O. The van der Waals surface area contributed by atoms with Crippen LogP contribution in [-0.2, 0) is 4.79 Å². The van der Waals surface area contributed by atoms with Crippen molar-refractivity contribution >= 4 is 11.9 Å². The number of carbonyl (C=O) groups excluding carboxylic acids is 1. The molecule has 74 valence electrons. The third-order valence-corrected chi connectivity index (χ3v) is 3.24. The van der Waals surface area contributed by atoms with Gasteiger partial charge in [0.1, 0.15) is 0 Å². The van der Waals surface area contributed by atoms with Gasteiger partial charge in [-0.3, -0.25) is 4.79 Å². The monoisotopic (exact) mass is 196 g/mol. The van der Waals surface area contributed by atoms with Crippen molar-refractivity contribution in [3.05, 3.63) is 53.1 Å². The molecule has 1 heteroatoms. The Morgan fingerprint density at radius 1 is 1.13 bits per heavy atom. The highest BCUT2D eigenvalue weighted by atomic mass is 16.1. The molecule has 1 atom stereocenters. The lowest BCUT2D eigenvalue weighted by molar-refractivity contribution is -0.115. The van der Waals surface area contributed by atoms with Gasteiger partial charge in [0, 0.05) is 12.3 Å². The summed E-state index contributed by atoms with van der Waals surface area (Å²) in [5.74, 6) is 0.717. The lowest BCUT2D eigenvalue weighted by Gasteiger charge is -2.26. The average Bonchev–Trinajstić information content (AvgIpc) is 2.28. The van der Waals surface area contributed by atoms with Crippen molar-refractivity contribution < 1.29 is 4.79 Å². The Labute approximate surface area is 89.1 Å². The van der Waals surface area contributed by atoms with E-state index in [9.17, 15) is 4.79 Å². The van der Waals surface area contributed by atoms with Crippen LogP contribution in [0.25, 0.3) is 6.08 Å². The summed E-state index contributed by atoms with van der Waals surface area (Å²) in [6.07, 6.45) is 7.66. The van der Waals surface area contributed by atoms with Crippen LogP contribution in [0.1, 0.15) is 29.9 Å². The molecule has 0 bridgehead atoms. The van der Waals surface area contributed by atoms with Crippen molar-refractivity contribution in [3.8, 4) is 0 Å². The molecule has 0 fully saturated rings. The second-order valence-electron chi connectivity index (χ2n) is 4.16. The molecular weight excluding hydrogens is 184 g/mol. The summed E-state index contributed by atoms with van der Waals surface area (Å²) in [7, 11) is 0. The predicted octanol–water partition coefficient (Wildman–Crippen LogP) is 3.09. The summed E-state index contributed by atoms with van der Waals surface area (Å²) >= 11 is 0. The number of ketones is 1. The van der Waals surface area contributed by atoms with Crippen molar-refractivity contribution in [1.29, 1.82) is 0 Å². The van der Waals surface area contributed by atoms with Gasteiger partial charge in [0.2, 0.25) is 0 Å². The molecule has 0 spiro atoms. The Morgan fingerprint density at radius 2 is 2.00 bits per heavy atom. The number of hydrogen-bond acceptors (Lipinski definition) is 1. The number of allylic oxidation sites excluding steroid dienone is 3. The first-order valence-corrected chi connectivity index (χ1v) is 5.36. The zero-order chi connectivity index (χ0) is 10.3. The van der Waals surface area contributed by atoms with Crippen molar-refractivity contribution in [2.45, 2.75) is 18.8 Å². The topological polar surface area (TPSA) is 17.1 Å². The molecule has 0 amide bonds. The highest BCUT2D eigenvalue weighted by molar-refractivity contribution is 5.93. The molecule has 1 aromatic rings. The lowest BCUT2D eigenvalue weighted by Crippen LogP contribution is -2.14. The molecule has 1 nitrogen and oxygen atoms in total. The van der Waals surface area contributed by atoms with Crippen LogP contribution < -0.4 is 0 Å². The second kappa shape index (κ2) is 3.20. The number of carbonyl (C=O) groups is 1. The molecule has 0 heterocycles. The molecule has 3 rings (SSSR count). The van der Waals surface area contributed by atoms with E-state index >= 15 is 0 Å². The van der Waals surface area contributed by atoms with E-state index in [0.717, 1.165) is 6.42 Å². The van der Waals surface area contributed by atoms with Gasteiger partial charge in [0.05, 0.1) is 0 Å². The predicted molar refractivity (Wildman–Crippen MR) is 60.5 cm³/mol. The maximum atomic E-state index is 11.3. The molecule has 15 heavy (non-hydrogen) atoms. The van der Waals surface area contributed by atoms with Crippen LogP contribution in [0.3, 0.4) is 0 Å². The highest BCUT2D eigenvalue weighted by Crippen LogP contribution is 2.39. The molecule has 1 unspecified atom stereocenters. The van der Waals surface area contributed by atoms with E-state index < -0.39 is 0 Å². The van der Waals surface area contributed by atoms with Gasteiger partial charge in [-0.05, 0) is 29.2 Å². The van der Waals surface area contributed by atoms with Gasteiger partial charge >= 0.3 is 0 Å². The van der Waals surface area contributed by atoms with Gasteiger partial charge < -0.3 is 0 Å². The summed E-state index contributed by atoms with van der Waals surface area (Å²) in [5, 5.41) is 0. The zero-order valence-electron chi connectivity index (χ0n) is 8.44. The molecule has 2 aliphatic carbocycles. The smallest absolute Gasteiger partial charge is 0.156 e. The van der Waals surface area contributed by atoms with Gasteiger partial charge in [-0.1, -0.05) is 36.4 Å². The zero-order valence-corrected chi connectivity index (χ0v) is 8.44. The van der Waals surface area contributed by atoms with E-state index in [4.69, 9.17) is 0 Å². The Kier molecular flexibility index (Phi) is 1.84. The third-order valence-electron chi connectivity index (χ3n) is 3.24. The van der Waals surface area contributed by atoms with Gasteiger partial charge in [-0.15, -0.1) is 0 Å². The normalized spacial score (nSPS) is 23.1. The molecule has 0 saturated heterocycles. The first-order valence-electron chi connectivity index (χ1n) is 5.36. The Morgan fingerprint density at radius 3 is 2.93 bits per heavy atom. The van der Waals surface area contributed by atoms with Crippen LogP contribution in [0.15, 0.2) is 42.0 Å². The summed E-state index contributed by atoms with van der Waals surface area (Å²) in [5.41, 5.74) is 3.86. The van der Waals surface area contributed by atoms with Crippen molar-refractivity contribution in [1.82, 2.24) is 0 Å². The molecule has 0 saturated carbocycles. The van der Waals surface area contributed by atoms with Crippen LogP contribution in [0, 0.1) is 0 Å². The molecule has 0 aromatic heterocycles. The fraction of sp³-hybridized carbons (Fsp3) is 0.214. The van der Waals surface area contributed by atoms with E-state index in [1.54, 1.807) is 6.08 Å². The fourth-order valence-corrected chi connectivity index (χ4v) is 2.48. The number of benzene rings is 1. The Balaban J connectivity index is 2.15.